The molecule has 1 aromatic rings. The van der Waals surface area contributed by atoms with Gasteiger partial charge in [-0.1, -0.05) is 20.8 Å². The maximum atomic E-state index is 10.2. The third-order valence-electron chi connectivity index (χ3n) is 2.92. The number of aromatic nitrogens is 2. The normalized spacial score (nSPS) is 14.0. The number of anilines is 2. The SMILES string of the molecule is CCCNc1cc(NCC(C)(O)CSC)nc(C(C)C)n1. The zero-order valence-electron chi connectivity index (χ0n) is 13.7. The van der Waals surface area contributed by atoms with Crippen molar-refractivity contribution in [3.05, 3.63) is 11.9 Å². The highest BCUT2D eigenvalue weighted by Crippen LogP contribution is 2.18. The minimum atomic E-state index is -0.751. The number of hydrogen-bond acceptors (Lipinski definition) is 6. The molecule has 0 aliphatic carbocycles. The molecule has 120 valence electrons. The van der Waals surface area contributed by atoms with Crippen LogP contribution in [-0.2, 0) is 0 Å². The van der Waals surface area contributed by atoms with Crippen molar-refractivity contribution in [2.75, 3.05) is 35.7 Å². The Morgan fingerprint density at radius 1 is 1.29 bits per heavy atom. The number of rotatable bonds is 9. The largest absolute Gasteiger partial charge is 0.387 e. The molecule has 0 aliphatic heterocycles. The van der Waals surface area contributed by atoms with Gasteiger partial charge in [-0.3, -0.25) is 0 Å². The van der Waals surface area contributed by atoms with E-state index in [9.17, 15) is 5.11 Å². The molecule has 1 atom stereocenters. The maximum Gasteiger partial charge on any atom is 0.135 e. The molecule has 0 aliphatic rings. The molecule has 0 saturated carbocycles. The van der Waals surface area contributed by atoms with E-state index in [2.05, 4.69) is 41.4 Å². The van der Waals surface area contributed by atoms with Gasteiger partial charge in [0, 0.05) is 30.8 Å². The summed E-state index contributed by atoms with van der Waals surface area (Å²) in [4.78, 5) is 9.05. The second-order valence-electron chi connectivity index (χ2n) is 5.86. The van der Waals surface area contributed by atoms with Gasteiger partial charge in [-0.2, -0.15) is 11.8 Å². The number of nitrogens with one attached hydrogen (secondary N) is 2. The molecule has 0 radical (unpaired) electrons. The topological polar surface area (TPSA) is 70.1 Å². The van der Waals surface area contributed by atoms with E-state index in [-0.39, 0.29) is 5.92 Å². The van der Waals surface area contributed by atoms with E-state index in [0.717, 1.165) is 30.4 Å². The minimum Gasteiger partial charge on any atom is -0.387 e. The molecule has 1 aromatic heterocycles. The van der Waals surface area contributed by atoms with Gasteiger partial charge in [-0.15, -0.1) is 0 Å². The van der Waals surface area contributed by atoms with Crippen molar-refractivity contribution in [3.8, 4) is 0 Å². The lowest BCUT2D eigenvalue weighted by atomic mass is 10.1. The summed E-state index contributed by atoms with van der Waals surface area (Å²) in [5.41, 5.74) is -0.751. The Labute approximate surface area is 132 Å². The van der Waals surface area contributed by atoms with Crippen molar-refractivity contribution in [1.82, 2.24) is 9.97 Å². The number of hydrogen-bond donors (Lipinski definition) is 3. The first-order valence-corrected chi connectivity index (χ1v) is 8.85. The predicted molar refractivity (Wildman–Crippen MR) is 92.4 cm³/mol. The van der Waals surface area contributed by atoms with E-state index in [4.69, 9.17) is 0 Å². The van der Waals surface area contributed by atoms with Crippen LogP contribution in [0.25, 0.3) is 0 Å². The van der Waals surface area contributed by atoms with Crippen LogP contribution < -0.4 is 10.6 Å². The van der Waals surface area contributed by atoms with Crippen molar-refractivity contribution in [2.45, 2.75) is 45.6 Å². The fourth-order valence-electron chi connectivity index (χ4n) is 1.80. The van der Waals surface area contributed by atoms with Crippen LogP contribution in [0.15, 0.2) is 6.07 Å². The highest BCUT2D eigenvalue weighted by Gasteiger charge is 2.19. The molecule has 0 amide bonds. The van der Waals surface area contributed by atoms with E-state index in [0.29, 0.717) is 12.3 Å². The zero-order chi connectivity index (χ0) is 15.9. The Balaban J connectivity index is 2.82. The number of nitrogens with zero attached hydrogens (tertiary/aromatic N) is 2. The molecule has 0 aromatic carbocycles. The molecule has 1 rings (SSSR count). The van der Waals surface area contributed by atoms with Crippen LogP contribution in [0, 0.1) is 0 Å². The van der Waals surface area contributed by atoms with Gasteiger partial charge in [-0.05, 0) is 19.6 Å². The molecular weight excluding hydrogens is 284 g/mol. The summed E-state index contributed by atoms with van der Waals surface area (Å²) in [5.74, 6) is 3.35. The van der Waals surface area contributed by atoms with Gasteiger partial charge in [0.05, 0.1) is 5.60 Å². The standard InChI is InChI=1S/C15H28N4OS/c1-6-7-16-12-8-13(19-14(18-12)11(2)3)17-9-15(4,20)10-21-5/h8,11,20H,6-7,9-10H2,1-5H3,(H2,16,17,18,19). The molecule has 0 fully saturated rings. The third kappa shape index (κ3) is 6.52. The molecule has 1 heterocycles. The van der Waals surface area contributed by atoms with Gasteiger partial charge in [0.1, 0.15) is 17.5 Å². The fourth-order valence-corrected chi connectivity index (χ4v) is 2.53. The van der Waals surface area contributed by atoms with E-state index < -0.39 is 5.60 Å². The molecule has 1 unspecified atom stereocenters. The number of aliphatic hydroxyl groups is 1. The van der Waals surface area contributed by atoms with Crippen LogP contribution in [0.4, 0.5) is 11.6 Å². The van der Waals surface area contributed by atoms with Crippen molar-refractivity contribution in [2.24, 2.45) is 0 Å². The first-order valence-electron chi connectivity index (χ1n) is 7.46. The lowest BCUT2D eigenvalue weighted by Crippen LogP contribution is -2.36. The van der Waals surface area contributed by atoms with Crippen molar-refractivity contribution < 1.29 is 5.11 Å². The van der Waals surface area contributed by atoms with Crippen LogP contribution in [0.2, 0.25) is 0 Å². The summed E-state index contributed by atoms with van der Waals surface area (Å²) in [6.07, 6.45) is 3.04. The third-order valence-corrected chi connectivity index (χ3v) is 3.83. The molecule has 0 spiro atoms. The van der Waals surface area contributed by atoms with Crippen molar-refractivity contribution in [3.63, 3.8) is 0 Å². The molecule has 21 heavy (non-hydrogen) atoms. The van der Waals surface area contributed by atoms with E-state index in [1.54, 1.807) is 11.8 Å². The minimum absolute atomic E-state index is 0.264. The zero-order valence-corrected chi connectivity index (χ0v) is 14.5. The molecule has 6 heteroatoms. The summed E-state index contributed by atoms with van der Waals surface area (Å²) in [6, 6.07) is 1.90. The highest BCUT2D eigenvalue weighted by molar-refractivity contribution is 7.98. The average Bonchev–Trinajstić information content (AvgIpc) is 2.43. The van der Waals surface area contributed by atoms with Crippen LogP contribution in [0.5, 0.6) is 0 Å². The summed E-state index contributed by atoms with van der Waals surface area (Å²) in [6.45, 7) is 9.46. The summed E-state index contributed by atoms with van der Waals surface area (Å²) < 4.78 is 0. The Morgan fingerprint density at radius 2 is 1.90 bits per heavy atom. The van der Waals surface area contributed by atoms with E-state index in [1.807, 2.05) is 19.2 Å². The first kappa shape index (κ1) is 18.0. The average molecular weight is 312 g/mol. The fraction of sp³-hybridized carbons (Fsp3) is 0.733. The monoisotopic (exact) mass is 312 g/mol. The summed E-state index contributed by atoms with van der Waals surface area (Å²) >= 11 is 1.63. The van der Waals surface area contributed by atoms with Crippen molar-refractivity contribution >= 4 is 23.4 Å². The predicted octanol–water partition coefficient (Wildman–Crippen LogP) is 2.95. The van der Waals surface area contributed by atoms with Gasteiger partial charge in [-0.25, -0.2) is 9.97 Å². The van der Waals surface area contributed by atoms with E-state index in [1.165, 1.54) is 0 Å². The van der Waals surface area contributed by atoms with E-state index >= 15 is 0 Å². The Bertz CT molecular complexity index is 438. The van der Waals surface area contributed by atoms with Crippen LogP contribution in [0.3, 0.4) is 0 Å². The summed E-state index contributed by atoms with van der Waals surface area (Å²) in [7, 11) is 0. The lowest BCUT2D eigenvalue weighted by molar-refractivity contribution is 0.0996. The Hall–Kier alpha value is -1.01. The molecule has 3 N–H and O–H groups in total. The Kier molecular flexibility index (Phi) is 7.25. The van der Waals surface area contributed by atoms with Gasteiger partial charge >= 0.3 is 0 Å². The lowest BCUT2D eigenvalue weighted by Gasteiger charge is -2.23. The summed E-state index contributed by atoms with van der Waals surface area (Å²) in [5, 5.41) is 16.7. The van der Waals surface area contributed by atoms with Crippen LogP contribution in [-0.4, -0.2) is 45.8 Å². The van der Waals surface area contributed by atoms with Gasteiger partial charge in [0.2, 0.25) is 0 Å². The first-order chi connectivity index (χ1) is 9.88. The molecule has 0 bridgehead atoms. The highest BCUT2D eigenvalue weighted by atomic mass is 32.2. The smallest absolute Gasteiger partial charge is 0.135 e. The van der Waals surface area contributed by atoms with Gasteiger partial charge < -0.3 is 15.7 Å². The Morgan fingerprint density at radius 3 is 2.43 bits per heavy atom. The maximum absolute atomic E-state index is 10.2. The van der Waals surface area contributed by atoms with Crippen molar-refractivity contribution in [1.29, 1.82) is 0 Å². The second-order valence-corrected chi connectivity index (χ2v) is 6.73. The molecule has 5 nitrogen and oxygen atoms in total. The van der Waals surface area contributed by atoms with Gasteiger partial charge in [0.25, 0.3) is 0 Å². The van der Waals surface area contributed by atoms with Gasteiger partial charge in [0.15, 0.2) is 0 Å². The number of thioether (sulfide) groups is 1. The van der Waals surface area contributed by atoms with Crippen LogP contribution in [0.1, 0.15) is 45.9 Å². The second kappa shape index (κ2) is 8.44. The quantitative estimate of drug-likeness (QED) is 0.651. The van der Waals surface area contributed by atoms with Crippen LogP contribution >= 0.6 is 11.8 Å². The molecular formula is C15H28N4OS. The molecule has 0 saturated heterocycles.